The van der Waals surface area contributed by atoms with Crippen LogP contribution >= 0.6 is 11.8 Å². The van der Waals surface area contributed by atoms with Crippen LogP contribution in [-0.4, -0.2) is 35.2 Å². The van der Waals surface area contributed by atoms with Gasteiger partial charge in [-0.3, -0.25) is 9.69 Å². The van der Waals surface area contributed by atoms with E-state index in [1.54, 1.807) is 16.7 Å². The number of aryl methyl sites for hydroxylation is 1. The molecule has 2 aromatic rings. The first-order valence-corrected chi connectivity index (χ1v) is 12.3. The zero-order valence-electron chi connectivity index (χ0n) is 18.0. The second kappa shape index (κ2) is 8.23. The van der Waals surface area contributed by atoms with E-state index in [-0.39, 0.29) is 18.0 Å². The number of nitrogens with one attached hydrogen (secondary N) is 1. The fourth-order valence-corrected chi connectivity index (χ4v) is 6.56. The molecule has 31 heavy (non-hydrogen) atoms. The van der Waals surface area contributed by atoms with Gasteiger partial charge in [-0.15, -0.1) is 11.8 Å². The second-order valence-electron chi connectivity index (χ2n) is 8.82. The zero-order chi connectivity index (χ0) is 21.4. The predicted molar refractivity (Wildman–Crippen MR) is 125 cm³/mol. The summed E-state index contributed by atoms with van der Waals surface area (Å²) in [7, 11) is 0. The highest BCUT2D eigenvalue weighted by Crippen LogP contribution is 2.54. The minimum Gasteiger partial charge on any atom is -0.335 e. The van der Waals surface area contributed by atoms with Crippen molar-refractivity contribution in [2.45, 2.75) is 56.5 Å². The topological polar surface area (TPSA) is 52.7 Å². The number of thioether (sulfide) groups is 1. The van der Waals surface area contributed by atoms with E-state index in [4.69, 9.17) is 0 Å². The molecule has 2 fully saturated rings. The third kappa shape index (κ3) is 3.51. The number of rotatable bonds is 3. The average molecular weight is 436 g/mol. The van der Waals surface area contributed by atoms with Crippen molar-refractivity contribution < 1.29 is 9.59 Å². The molecule has 2 aromatic carbocycles. The molecule has 3 amide bonds. The van der Waals surface area contributed by atoms with E-state index in [2.05, 4.69) is 36.5 Å². The standard InChI is InChI=1S/C25H29N3O2S/c1-18-11-13-19(14-12-18)17-27-22-10-6-5-9-21(22)25(23(27)29)28(15-16-31-25)24(30)26-20-7-3-2-4-8-20/h5-6,9-14,20H,2-4,7-8,15-17H2,1H3,(H,26,30). The molecule has 1 saturated heterocycles. The van der Waals surface area contributed by atoms with Crippen LogP contribution in [0.2, 0.25) is 0 Å². The summed E-state index contributed by atoms with van der Waals surface area (Å²) in [6.45, 7) is 3.16. The van der Waals surface area contributed by atoms with Gasteiger partial charge in [-0.1, -0.05) is 67.3 Å². The summed E-state index contributed by atoms with van der Waals surface area (Å²) < 4.78 is 0. The Balaban J connectivity index is 1.46. The van der Waals surface area contributed by atoms with Gasteiger partial charge in [0.15, 0.2) is 4.87 Å². The Morgan fingerprint density at radius 1 is 1.10 bits per heavy atom. The summed E-state index contributed by atoms with van der Waals surface area (Å²) in [6.07, 6.45) is 5.64. The molecular weight excluding hydrogens is 406 g/mol. The molecule has 5 nitrogen and oxygen atoms in total. The summed E-state index contributed by atoms with van der Waals surface area (Å²) in [5.74, 6) is 0.756. The van der Waals surface area contributed by atoms with Crippen molar-refractivity contribution in [3.8, 4) is 0 Å². The zero-order valence-corrected chi connectivity index (χ0v) is 18.8. The Kier molecular flexibility index (Phi) is 5.42. The quantitative estimate of drug-likeness (QED) is 0.754. The van der Waals surface area contributed by atoms with Gasteiger partial charge in [0.2, 0.25) is 0 Å². The summed E-state index contributed by atoms with van der Waals surface area (Å²) in [5.41, 5.74) is 4.14. The Hall–Kier alpha value is -2.47. The van der Waals surface area contributed by atoms with Crippen molar-refractivity contribution in [1.82, 2.24) is 10.2 Å². The molecule has 162 valence electrons. The number of para-hydroxylation sites is 1. The summed E-state index contributed by atoms with van der Waals surface area (Å²) in [5, 5.41) is 3.24. The van der Waals surface area contributed by atoms with E-state index in [1.807, 2.05) is 29.2 Å². The maximum Gasteiger partial charge on any atom is 0.319 e. The van der Waals surface area contributed by atoms with E-state index in [1.165, 1.54) is 12.0 Å². The first-order chi connectivity index (χ1) is 15.1. The van der Waals surface area contributed by atoms with Gasteiger partial charge in [0.05, 0.1) is 12.2 Å². The average Bonchev–Trinajstić information content (AvgIpc) is 3.33. The molecular formula is C25H29N3O2S. The third-order valence-electron chi connectivity index (χ3n) is 6.74. The van der Waals surface area contributed by atoms with Crippen molar-refractivity contribution >= 4 is 29.4 Å². The number of hydrogen-bond donors (Lipinski definition) is 1. The molecule has 1 aliphatic carbocycles. The maximum absolute atomic E-state index is 13.9. The lowest BCUT2D eigenvalue weighted by Crippen LogP contribution is -2.55. The Bertz CT molecular complexity index is 987. The van der Waals surface area contributed by atoms with Crippen LogP contribution in [0.4, 0.5) is 10.5 Å². The van der Waals surface area contributed by atoms with Gasteiger partial charge in [-0.25, -0.2) is 4.79 Å². The van der Waals surface area contributed by atoms with Crippen LogP contribution < -0.4 is 10.2 Å². The van der Waals surface area contributed by atoms with Crippen LogP contribution in [0.3, 0.4) is 0 Å². The smallest absolute Gasteiger partial charge is 0.319 e. The minimum absolute atomic E-state index is 0.00410. The molecule has 3 aliphatic rings. The van der Waals surface area contributed by atoms with E-state index in [0.717, 1.165) is 48.3 Å². The van der Waals surface area contributed by atoms with E-state index in [9.17, 15) is 9.59 Å². The Morgan fingerprint density at radius 3 is 2.61 bits per heavy atom. The highest BCUT2D eigenvalue weighted by Gasteiger charge is 2.59. The van der Waals surface area contributed by atoms with Crippen molar-refractivity contribution in [3.63, 3.8) is 0 Å². The number of urea groups is 1. The van der Waals surface area contributed by atoms with Crippen molar-refractivity contribution in [2.75, 3.05) is 17.2 Å². The van der Waals surface area contributed by atoms with Gasteiger partial charge in [-0.2, -0.15) is 0 Å². The van der Waals surface area contributed by atoms with Gasteiger partial charge in [0, 0.05) is 23.9 Å². The molecule has 6 heteroatoms. The van der Waals surface area contributed by atoms with Gasteiger partial charge < -0.3 is 10.2 Å². The number of benzene rings is 2. The molecule has 2 aliphatic heterocycles. The first-order valence-electron chi connectivity index (χ1n) is 11.3. The molecule has 1 N–H and O–H groups in total. The number of amides is 3. The Labute approximate surface area is 188 Å². The molecule has 1 unspecified atom stereocenters. The normalized spacial score (nSPS) is 23.5. The second-order valence-corrected chi connectivity index (χ2v) is 10.1. The molecule has 0 aromatic heterocycles. The number of fused-ring (bicyclic) bond motifs is 2. The van der Waals surface area contributed by atoms with Crippen molar-refractivity contribution in [3.05, 3.63) is 65.2 Å². The minimum atomic E-state index is -0.958. The largest absolute Gasteiger partial charge is 0.335 e. The van der Waals surface area contributed by atoms with Gasteiger partial charge >= 0.3 is 6.03 Å². The molecule has 0 radical (unpaired) electrons. The molecule has 1 spiro atoms. The number of nitrogens with zero attached hydrogens (tertiary/aromatic N) is 2. The van der Waals surface area contributed by atoms with E-state index in [0.29, 0.717) is 13.1 Å². The van der Waals surface area contributed by atoms with Crippen LogP contribution in [0.1, 0.15) is 48.8 Å². The monoisotopic (exact) mass is 435 g/mol. The van der Waals surface area contributed by atoms with Crippen molar-refractivity contribution in [2.24, 2.45) is 0 Å². The summed E-state index contributed by atoms with van der Waals surface area (Å²) in [6, 6.07) is 16.4. The number of anilines is 1. The molecule has 1 atom stereocenters. The molecule has 5 rings (SSSR count). The van der Waals surface area contributed by atoms with Crippen LogP contribution in [0.25, 0.3) is 0 Å². The van der Waals surface area contributed by atoms with Crippen molar-refractivity contribution in [1.29, 1.82) is 0 Å². The third-order valence-corrected chi connectivity index (χ3v) is 8.16. The first kappa shape index (κ1) is 20.4. The fourth-order valence-electron chi connectivity index (χ4n) is 5.10. The molecule has 2 heterocycles. The predicted octanol–water partition coefficient (Wildman–Crippen LogP) is 4.79. The highest BCUT2D eigenvalue weighted by atomic mass is 32.2. The summed E-state index contributed by atoms with van der Waals surface area (Å²) >= 11 is 1.59. The maximum atomic E-state index is 13.9. The van der Waals surface area contributed by atoms with Crippen LogP contribution in [0.5, 0.6) is 0 Å². The SMILES string of the molecule is Cc1ccc(CN2C(=O)C3(SCCN3C(=O)NC3CCCCC3)c3ccccc32)cc1. The van der Waals surface area contributed by atoms with E-state index >= 15 is 0 Å². The van der Waals surface area contributed by atoms with Crippen LogP contribution in [0, 0.1) is 6.92 Å². The number of hydrogen-bond acceptors (Lipinski definition) is 3. The molecule has 0 bridgehead atoms. The van der Waals surface area contributed by atoms with Gasteiger partial charge in [0.1, 0.15) is 0 Å². The fraction of sp³-hybridized carbons (Fsp3) is 0.440. The summed E-state index contributed by atoms with van der Waals surface area (Å²) in [4.78, 5) is 30.0. The molecule has 1 saturated carbocycles. The van der Waals surface area contributed by atoms with Crippen LogP contribution in [-0.2, 0) is 16.2 Å². The van der Waals surface area contributed by atoms with Gasteiger partial charge in [0.25, 0.3) is 5.91 Å². The van der Waals surface area contributed by atoms with E-state index < -0.39 is 4.87 Å². The lowest BCUT2D eigenvalue weighted by molar-refractivity contribution is -0.123. The Morgan fingerprint density at radius 2 is 1.84 bits per heavy atom. The lowest BCUT2D eigenvalue weighted by Gasteiger charge is -2.35. The number of carbonyl (C=O) groups is 2. The van der Waals surface area contributed by atoms with Crippen LogP contribution in [0.15, 0.2) is 48.5 Å². The number of carbonyl (C=O) groups excluding carboxylic acids is 2. The highest BCUT2D eigenvalue weighted by molar-refractivity contribution is 8.01. The van der Waals surface area contributed by atoms with Gasteiger partial charge in [-0.05, 0) is 31.4 Å². The lowest BCUT2D eigenvalue weighted by atomic mass is 9.95.